The molecular formula is C10H7ClF3N3O5S. The number of pyridine rings is 1. The molecular weight excluding hydrogens is 367 g/mol. The van der Waals surface area contributed by atoms with Crippen LogP contribution >= 0.6 is 11.6 Å². The molecule has 1 aromatic rings. The Bertz CT molecular complexity index is 767. The molecule has 23 heavy (non-hydrogen) atoms. The maximum Gasteiger partial charge on any atom is 0.534 e. The average molecular weight is 374 g/mol. The van der Waals surface area contributed by atoms with E-state index in [2.05, 4.69) is 14.3 Å². The fraction of sp³-hybridized carbons (Fsp3) is 0.300. The van der Waals surface area contributed by atoms with Crippen LogP contribution in [0.15, 0.2) is 23.4 Å². The minimum atomic E-state index is -5.95. The van der Waals surface area contributed by atoms with Gasteiger partial charge >= 0.3 is 21.6 Å². The number of rotatable bonds is 3. The van der Waals surface area contributed by atoms with Gasteiger partial charge in [0.05, 0.1) is 11.4 Å². The zero-order valence-electron chi connectivity index (χ0n) is 10.9. The predicted molar refractivity (Wildman–Crippen MR) is 71.3 cm³/mol. The number of aliphatic carboxylic acids is 1. The van der Waals surface area contributed by atoms with E-state index in [9.17, 15) is 26.4 Å². The Morgan fingerprint density at radius 3 is 2.65 bits per heavy atom. The van der Waals surface area contributed by atoms with Gasteiger partial charge in [-0.15, -0.1) is 5.10 Å². The van der Waals surface area contributed by atoms with Crippen molar-refractivity contribution < 1.29 is 35.7 Å². The molecule has 1 N–H and O–H groups in total. The standard InChI is InChI=1S/C10H7ClF3N3O5S/c11-5-2-1-3-15-8(5)17-6(9(18)19)4-7(16-17)22-23(20,21)10(12,13)14/h1-3,6H,4H2,(H,18,19). The first-order valence-electron chi connectivity index (χ1n) is 5.73. The number of carbonyl (C=O) groups is 1. The molecule has 1 aliphatic heterocycles. The molecule has 0 aliphatic carbocycles. The Hall–Kier alpha value is -2.08. The molecule has 1 unspecified atom stereocenters. The second-order valence-corrected chi connectivity index (χ2v) is 6.13. The predicted octanol–water partition coefficient (Wildman–Crippen LogP) is 1.58. The Morgan fingerprint density at radius 2 is 2.13 bits per heavy atom. The number of aromatic nitrogens is 1. The van der Waals surface area contributed by atoms with Gasteiger partial charge in [-0.2, -0.15) is 21.6 Å². The summed E-state index contributed by atoms with van der Waals surface area (Å²) >= 11 is 5.82. The normalized spacial score (nSPS) is 18.7. The van der Waals surface area contributed by atoms with E-state index in [0.29, 0.717) is 5.01 Å². The summed E-state index contributed by atoms with van der Waals surface area (Å²) in [4.78, 5) is 15.0. The first kappa shape index (κ1) is 17.3. The average Bonchev–Trinajstić information content (AvgIpc) is 2.81. The summed E-state index contributed by atoms with van der Waals surface area (Å²) in [5.41, 5.74) is -5.66. The molecule has 0 saturated heterocycles. The lowest BCUT2D eigenvalue weighted by Gasteiger charge is -2.18. The Balaban J connectivity index is 2.36. The van der Waals surface area contributed by atoms with Gasteiger partial charge < -0.3 is 9.29 Å². The molecule has 2 rings (SSSR count). The molecule has 126 valence electrons. The highest BCUT2D eigenvalue weighted by Crippen LogP contribution is 2.31. The number of hydrazone groups is 1. The first-order chi connectivity index (χ1) is 10.5. The van der Waals surface area contributed by atoms with Gasteiger partial charge in [0.25, 0.3) is 0 Å². The topological polar surface area (TPSA) is 109 Å². The van der Waals surface area contributed by atoms with Crippen LogP contribution in [0.25, 0.3) is 0 Å². The second kappa shape index (κ2) is 5.85. The van der Waals surface area contributed by atoms with Gasteiger partial charge in [-0.1, -0.05) is 11.6 Å². The maximum atomic E-state index is 12.3. The summed E-state index contributed by atoms with van der Waals surface area (Å²) in [5.74, 6) is -2.57. The zero-order valence-corrected chi connectivity index (χ0v) is 12.4. The van der Waals surface area contributed by atoms with E-state index < -0.39 is 40.0 Å². The van der Waals surface area contributed by atoms with E-state index in [0.717, 1.165) is 0 Å². The fourth-order valence-corrected chi connectivity index (χ4v) is 2.30. The van der Waals surface area contributed by atoms with E-state index in [1.807, 2.05) is 0 Å². The maximum absolute atomic E-state index is 12.3. The van der Waals surface area contributed by atoms with Crippen molar-refractivity contribution in [3.8, 4) is 0 Å². The SMILES string of the molecule is O=C(O)C1CC(OS(=O)(=O)C(F)(F)F)=NN1c1ncccc1Cl. The summed E-state index contributed by atoms with van der Waals surface area (Å²) in [7, 11) is -5.95. The summed E-state index contributed by atoms with van der Waals surface area (Å²) < 4.78 is 62.7. The van der Waals surface area contributed by atoms with Gasteiger partial charge in [0.1, 0.15) is 0 Å². The first-order valence-corrected chi connectivity index (χ1v) is 7.52. The molecule has 0 bridgehead atoms. The number of alkyl halides is 3. The van der Waals surface area contributed by atoms with Crippen molar-refractivity contribution in [2.75, 3.05) is 5.01 Å². The highest BCUT2D eigenvalue weighted by molar-refractivity contribution is 7.88. The van der Waals surface area contributed by atoms with Crippen LogP contribution in [-0.2, 0) is 19.1 Å². The molecule has 0 aromatic carbocycles. The number of carboxylic acids is 1. The van der Waals surface area contributed by atoms with Crippen molar-refractivity contribution >= 4 is 39.4 Å². The van der Waals surface area contributed by atoms with Crippen molar-refractivity contribution in [2.45, 2.75) is 18.0 Å². The molecule has 8 nitrogen and oxygen atoms in total. The molecule has 0 spiro atoms. The van der Waals surface area contributed by atoms with Crippen LogP contribution in [0.1, 0.15) is 6.42 Å². The molecule has 0 fully saturated rings. The number of hydrogen-bond acceptors (Lipinski definition) is 7. The van der Waals surface area contributed by atoms with Crippen LogP contribution in [0.3, 0.4) is 0 Å². The summed E-state index contributed by atoms with van der Waals surface area (Å²) in [6, 6.07) is 1.28. The smallest absolute Gasteiger partial charge is 0.480 e. The summed E-state index contributed by atoms with van der Waals surface area (Å²) in [6.45, 7) is 0. The third kappa shape index (κ3) is 3.47. The van der Waals surface area contributed by atoms with E-state index >= 15 is 0 Å². The molecule has 0 amide bonds. The molecule has 1 atom stereocenters. The van der Waals surface area contributed by atoms with Gasteiger partial charge in [0.2, 0.25) is 5.90 Å². The van der Waals surface area contributed by atoms with Crippen LogP contribution in [-0.4, -0.2) is 41.9 Å². The second-order valence-electron chi connectivity index (χ2n) is 4.19. The molecule has 13 heteroatoms. The lowest BCUT2D eigenvalue weighted by Crippen LogP contribution is -2.35. The number of anilines is 1. The summed E-state index contributed by atoms with van der Waals surface area (Å²) in [6.07, 6.45) is 0.540. The Labute approximate surface area is 132 Å². The Kier molecular flexibility index (Phi) is 4.39. The molecule has 1 aromatic heterocycles. The highest BCUT2D eigenvalue weighted by Gasteiger charge is 2.50. The third-order valence-corrected chi connectivity index (χ3v) is 3.89. The van der Waals surface area contributed by atoms with Gasteiger partial charge in [-0.05, 0) is 12.1 Å². The molecule has 0 radical (unpaired) electrons. The minimum Gasteiger partial charge on any atom is -0.480 e. The molecule has 0 saturated carbocycles. The van der Waals surface area contributed by atoms with Crippen LogP contribution in [0, 0.1) is 0 Å². The zero-order chi connectivity index (χ0) is 17.4. The molecule has 2 heterocycles. The fourth-order valence-electron chi connectivity index (χ4n) is 1.64. The summed E-state index contributed by atoms with van der Waals surface area (Å²) in [5, 5.41) is 13.2. The van der Waals surface area contributed by atoms with Crippen LogP contribution < -0.4 is 5.01 Å². The van der Waals surface area contributed by atoms with Crippen molar-refractivity contribution in [3.63, 3.8) is 0 Å². The highest BCUT2D eigenvalue weighted by atomic mass is 35.5. The van der Waals surface area contributed by atoms with Crippen LogP contribution in [0.5, 0.6) is 0 Å². The molecule has 1 aliphatic rings. The third-order valence-electron chi connectivity index (χ3n) is 2.61. The van der Waals surface area contributed by atoms with Crippen molar-refractivity contribution in [2.24, 2.45) is 5.10 Å². The quantitative estimate of drug-likeness (QED) is 0.632. The lowest BCUT2D eigenvalue weighted by molar-refractivity contribution is -0.138. The van der Waals surface area contributed by atoms with E-state index in [-0.39, 0.29) is 10.8 Å². The minimum absolute atomic E-state index is 0.0255. The van der Waals surface area contributed by atoms with Crippen molar-refractivity contribution in [1.82, 2.24) is 4.98 Å². The van der Waals surface area contributed by atoms with E-state index in [1.54, 1.807) is 0 Å². The van der Waals surface area contributed by atoms with Gasteiger partial charge in [-0.25, -0.2) is 14.8 Å². The monoisotopic (exact) mass is 373 g/mol. The van der Waals surface area contributed by atoms with Gasteiger partial charge in [0, 0.05) is 6.20 Å². The van der Waals surface area contributed by atoms with Crippen LogP contribution in [0.4, 0.5) is 19.0 Å². The number of carboxylic acid groups (broad SMARTS) is 1. The van der Waals surface area contributed by atoms with Crippen molar-refractivity contribution in [1.29, 1.82) is 0 Å². The van der Waals surface area contributed by atoms with Crippen molar-refractivity contribution in [3.05, 3.63) is 23.4 Å². The Morgan fingerprint density at radius 1 is 1.48 bits per heavy atom. The van der Waals surface area contributed by atoms with Gasteiger partial charge in [-0.3, -0.25) is 0 Å². The van der Waals surface area contributed by atoms with E-state index in [4.69, 9.17) is 16.7 Å². The van der Waals surface area contributed by atoms with Crippen LogP contribution in [0.2, 0.25) is 5.02 Å². The number of hydrogen-bond donors (Lipinski definition) is 1. The number of nitrogens with zero attached hydrogens (tertiary/aromatic N) is 3. The van der Waals surface area contributed by atoms with E-state index in [1.165, 1.54) is 18.3 Å². The largest absolute Gasteiger partial charge is 0.534 e. The lowest BCUT2D eigenvalue weighted by atomic mass is 10.2. The van der Waals surface area contributed by atoms with Gasteiger partial charge in [0.15, 0.2) is 11.9 Å². The number of halogens is 4.